The smallest absolute Gasteiger partial charge is 0.235 e. The molecule has 3 aromatic heterocycles. The number of hydrogen-bond acceptors (Lipinski definition) is 0. The van der Waals surface area contributed by atoms with Gasteiger partial charge >= 0.3 is 0 Å². The largest absolute Gasteiger partial charge is 0.349 e. The lowest BCUT2D eigenvalue weighted by atomic mass is 10.0. The molecule has 0 aliphatic rings. The van der Waals surface area contributed by atoms with Gasteiger partial charge in [-0.25, -0.2) is 0 Å². The first kappa shape index (κ1) is 12.4. The van der Waals surface area contributed by atoms with Crippen LogP contribution in [0.1, 0.15) is 25.0 Å². The molecule has 104 valence electrons. The molecular formula is C19H19N2+. The molecule has 0 bridgehead atoms. The Morgan fingerprint density at radius 1 is 0.952 bits per heavy atom. The number of nitrogens with zero attached hydrogens (tertiary/aromatic N) is 1. The van der Waals surface area contributed by atoms with Crippen molar-refractivity contribution in [1.29, 1.82) is 0 Å². The van der Waals surface area contributed by atoms with Crippen LogP contribution in [0, 0.1) is 0 Å². The second kappa shape index (κ2) is 4.59. The molecule has 2 heteroatoms. The molecular weight excluding hydrogens is 256 g/mol. The summed E-state index contributed by atoms with van der Waals surface area (Å²) in [6, 6.07) is 13.1. The third kappa shape index (κ3) is 1.75. The third-order valence-corrected chi connectivity index (χ3v) is 4.46. The molecule has 0 spiro atoms. The van der Waals surface area contributed by atoms with Gasteiger partial charge in [-0.05, 0) is 24.5 Å². The van der Waals surface area contributed by atoms with E-state index >= 15 is 0 Å². The lowest BCUT2D eigenvalue weighted by Crippen LogP contribution is -2.22. The van der Waals surface area contributed by atoms with E-state index in [1.54, 1.807) is 0 Å². The minimum atomic E-state index is 1.08. The summed E-state index contributed by atoms with van der Waals surface area (Å²) in [7, 11) is 0. The maximum Gasteiger partial charge on any atom is 0.235 e. The SMILES string of the molecule is CCc1cc2c3[nH]c4ccccc4c3cc[n+]2cc1CC. The summed E-state index contributed by atoms with van der Waals surface area (Å²) in [5.41, 5.74) is 6.58. The maximum absolute atomic E-state index is 3.59. The maximum atomic E-state index is 3.59. The lowest BCUT2D eigenvalue weighted by Gasteiger charge is -2.03. The van der Waals surface area contributed by atoms with E-state index in [4.69, 9.17) is 0 Å². The van der Waals surface area contributed by atoms with Crippen LogP contribution < -0.4 is 4.40 Å². The summed E-state index contributed by atoms with van der Waals surface area (Å²) in [6.45, 7) is 4.46. The number of H-pyrrole nitrogens is 1. The van der Waals surface area contributed by atoms with Crippen molar-refractivity contribution < 1.29 is 4.40 Å². The van der Waals surface area contributed by atoms with Gasteiger partial charge in [0.1, 0.15) is 5.52 Å². The zero-order chi connectivity index (χ0) is 14.4. The van der Waals surface area contributed by atoms with E-state index in [2.05, 4.69) is 72.0 Å². The van der Waals surface area contributed by atoms with E-state index < -0.39 is 0 Å². The number of pyridine rings is 2. The summed E-state index contributed by atoms with van der Waals surface area (Å²) < 4.78 is 2.25. The molecule has 0 saturated carbocycles. The van der Waals surface area contributed by atoms with Gasteiger partial charge in [0.2, 0.25) is 5.52 Å². The molecule has 0 radical (unpaired) electrons. The number of hydrogen-bond donors (Lipinski definition) is 1. The number of aryl methyl sites for hydroxylation is 2. The van der Waals surface area contributed by atoms with Crippen LogP contribution in [0.2, 0.25) is 0 Å². The predicted molar refractivity (Wildman–Crippen MR) is 87.7 cm³/mol. The molecule has 0 fully saturated rings. The van der Waals surface area contributed by atoms with E-state index in [-0.39, 0.29) is 0 Å². The highest BCUT2D eigenvalue weighted by Gasteiger charge is 2.15. The van der Waals surface area contributed by atoms with Crippen LogP contribution in [-0.2, 0) is 12.8 Å². The molecule has 21 heavy (non-hydrogen) atoms. The van der Waals surface area contributed by atoms with E-state index in [0.29, 0.717) is 0 Å². The molecule has 2 nitrogen and oxygen atoms in total. The van der Waals surface area contributed by atoms with Crippen LogP contribution in [0.4, 0.5) is 0 Å². The van der Waals surface area contributed by atoms with Crippen LogP contribution in [0.3, 0.4) is 0 Å². The minimum absolute atomic E-state index is 1.08. The molecule has 1 aromatic carbocycles. The van der Waals surface area contributed by atoms with E-state index in [1.165, 1.54) is 38.4 Å². The van der Waals surface area contributed by atoms with Crippen molar-refractivity contribution in [2.24, 2.45) is 0 Å². The Bertz CT molecular complexity index is 963. The van der Waals surface area contributed by atoms with Gasteiger partial charge in [-0.15, -0.1) is 0 Å². The van der Waals surface area contributed by atoms with Crippen molar-refractivity contribution in [3.05, 3.63) is 59.9 Å². The van der Waals surface area contributed by atoms with Gasteiger partial charge in [0.15, 0.2) is 12.4 Å². The standard InChI is InChI=1S/C19H18N2/c1-3-13-11-18-19-16(9-10-21(18)12-14(13)4-2)15-7-5-6-8-17(15)20-19/h5-12H,3-4H2,1-2H3/p+1. The van der Waals surface area contributed by atoms with Crippen LogP contribution in [0.5, 0.6) is 0 Å². The number of rotatable bonds is 2. The summed E-state index contributed by atoms with van der Waals surface area (Å²) in [5, 5.41) is 2.60. The fourth-order valence-electron chi connectivity index (χ4n) is 3.32. The van der Waals surface area contributed by atoms with Crippen molar-refractivity contribution in [2.75, 3.05) is 0 Å². The Labute approximate surface area is 124 Å². The van der Waals surface area contributed by atoms with Crippen molar-refractivity contribution in [1.82, 2.24) is 4.98 Å². The van der Waals surface area contributed by atoms with Crippen molar-refractivity contribution in [3.63, 3.8) is 0 Å². The van der Waals surface area contributed by atoms with Gasteiger partial charge in [0, 0.05) is 34.0 Å². The second-order valence-electron chi connectivity index (χ2n) is 5.60. The molecule has 4 aromatic rings. The van der Waals surface area contributed by atoms with Crippen LogP contribution in [0.15, 0.2) is 48.8 Å². The summed E-state index contributed by atoms with van der Waals surface area (Å²) in [4.78, 5) is 3.59. The molecule has 0 atom stereocenters. The quantitative estimate of drug-likeness (QED) is 0.529. The van der Waals surface area contributed by atoms with Gasteiger partial charge in [-0.1, -0.05) is 32.0 Å². The molecule has 4 rings (SSSR count). The first-order valence-electron chi connectivity index (χ1n) is 7.68. The van der Waals surface area contributed by atoms with Gasteiger partial charge in [-0.3, -0.25) is 0 Å². The van der Waals surface area contributed by atoms with Crippen molar-refractivity contribution >= 4 is 27.3 Å². The highest BCUT2D eigenvalue weighted by molar-refractivity contribution is 6.10. The van der Waals surface area contributed by atoms with Crippen molar-refractivity contribution in [2.45, 2.75) is 26.7 Å². The average Bonchev–Trinajstić information content (AvgIpc) is 2.92. The highest BCUT2D eigenvalue weighted by Crippen LogP contribution is 2.27. The van der Waals surface area contributed by atoms with E-state index in [1.807, 2.05) is 0 Å². The zero-order valence-electron chi connectivity index (χ0n) is 12.5. The number of fused-ring (bicyclic) bond motifs is 5. The molecule has 0 unspecified atom stereocenters. The Balaban J connectivity index is 2.17. The first-order valence-corrected chi connectivity index (χ1v) is 7.68. The summed E-state index contributed by atoms with van der Waals surface area (Å²) >= 11 is 0. The van der Waals surface area contributed by atoms with E-state index in [9.17, 15) is 0 Å². The number of nitrogens with one attached hydrogen (secondary N) is 1. The van der Waals surface area contributed by atoms with Crippen LogP contribution in [-0.4, -0.2) is 4.98 Å². The Hall–Kier alpha value is -2.35. The summed E-state index contributed by atoms with van der Waals surface area (Å²) in [6.07, 6.45) is 6.61. The minimum Gasteiger partial charge on any atom is -0.349 e. The Morgan fingerprint density at radius 3 is 2.57 bits per heavy atom. The Kier molecular flexibility index (Phi) is 2.71. The molecule has 0 aliphatic carbocycles. The summed E-state index contributed by atoms with van der Waals surface area (Å²) in [5.74, 6) is 0. The molecule has 3 heterocycles. The number of benzene rings is 1. The van der Waals surface area contributed by atoms with Gasteiger partial charge < -0.3 is 4.98 Å². The fraction of sp³-hybridized carbons (Fsp3) is 0.211. The fourth-order valence-corrected chi connectivity index (χ4v) is 3.32. The number of aromatic nitrogens is 2. The van der Waals surface area contributed by atoms with E-state index in [0.717, 1.165) is 12.8 Å². The monoisotopic (exact) mass is 275 g/mol. The van der Waals surface area contributed by atoms with Crippen LogP contribution >= 0.6 is 0 Å². The van der Waals surface area contributed by atoms with Gasteiger partial charge in [0.25, 0.3) is 0 Å². The second-order valence-corrected chi connectivity index (χ2v) is 5.60. The molecule has 0 amide bonds. The number of aromatic amines is 1. The first-order chi connectivity index (χ1) is 10.3. The van der Waals surface area contributed by atoms with Crippen LogP contribution in [0.25, 0.3) is 27.3 Å². The number of para-hydroxylation sites is 1. The molecule has 0 aliphatic heterocycles. The zero-order valence-corrected chi connectivity index (χ0v) is 12.5. The molecule has 0 saturated heterocycles. The highest BCUT2D eigenvalue weighted by atomic mass is 14.9. The third-order valence-electron chi connectivity index (χ3n) is 4.46. The lowest BCUT2D eigenvalue weighted by molar-refractivity contribution is -0.511. The van der Waals surface area contributed by atoms with Gasteiger partial charge in [-0.2, -0.15) is 4.40 Å². The topological polar surface area (TPSA) is 19.9 Å². The Morgan fingerprint density at radius 2 is 1.76 bits per heavy atom. The van der Waals surface area contributed by atoms with Gasteiger partial charge in [0.05, 0.1) is 0 Å². The van der Waals surface area contributed by atoms with Crippen molar-refractivity contribution in [3.8, 4) is 0 Å². The average molecular weight is 275 g/mol. The molecule has 1 N–H and O–H groups in total. The normalized spacial score (nSPS) is 11.7. The predicted octanol–water partition coefficient (Wildman–Crippen LogP) is 4.18.